The number of hydrogen-bond donors (Lipinski definition) is 2. The van der Waals surface area contributed by atoms with Crippen LogP contribution in [0, 0.1) is 13.8 Å². The average Bonchev–Trinajstić information content (AvgIpc) is 2.73. The summed E-state index contributed by atoms with van der Waals surface area (Å²) >= 11 is 1.43. The van der Waals surface area contributed by atoms with Crippen molar-refractivity contribution < 1.29 is 9.53 Å². The second kappa shape index (κ2) is 6.18. The molecule has 0 aliphatic rings. The van der Waals surface area contributed by atoms with E-state index in [0.29, 0.717) is 17.1 Å². The Morgan fingerprint density at radius 1 is 1.38 bits per heavy atom. The number of nitrogens with two attached hydrogens (primary N) is 1. The summed E-state index contributed by atoms with van der Waals surface area (Å²) in [6.45, 7) is 6.44. The van der Waals surface area contributed by atoms with Gasteiger partial charge in [-0.1, -0.05) is 11.6 Å². The van der Waals surface area contributed by atoms with Gasteiger partial charge in [-0.15, -0.1) is 11.3 Å². The quantitative estimate of drug-likeness (QED) is 0.910. The number of amides is 1. The van der Waals surface area contributed by atoms with Crippen molar-refractivity contribution in [2.75, 3.05) is 19.4 Å². The van der Waals surface area contributed by atoms with Crippen LogP contribution in [-0.4, -0.2) is 19.6 Å². The summed E-state index contributed by atoms with van der Waals surface area (Å²) in [5.41, 5.74) is 9.48. The van der Waals surface area contributed by atoms with Crippen molar-refractivity contribution in [1.82, 2.24) is 5.32 Å². The molecule has 0 spiro atoms. The predicted octanol–water partition coefficient (Wildman–Crippen LogP) is 3.37. The molecule has 0 radical (unpaired) electrons. The molecular formula is C16H20N2O2S. The monoisotopic (exact) mass is 304 g/mol. The maximum atomic E-state index is 12.3. The van der Waals surface area contributed by atoms with Crippen LogP contribution in [0.15, 0.2) is 18.2 Å². The Hall–Kier alpha value is -2.01. The fraction of sp³-hybridized carbons (Fsp3) is 0.312. The lowest BCUT2D eigenvalue weighted by Gasteiger charge is -2.12. The molecule has 21 heavy (non-hydrogen) atoms. The highest BCUT2D eigenvalue weighted by molar-refractivity contribution is 7.16. The van der Waals surface area contributed by atoms with E-state index in [9.17, 15) is 4.79 Å². The third kappa shape index (κ3) is 2.88. The minimum Gasteiger partial charge on any atom is -0.496 e. The van der Waals surface area contributed by atoms with Crippen molar-refractivity contribution in [2.24, 2.45) is 0 Å². The van der Waals surface area contributed by atoms with Crippen molar-refractivity contribution in [2.45, 2.75) is 20.8 Å². The van der Waals surface area contributed by atoms with Gasteiger partial charge in [0.25, 0.3) is 5.91 Å². The Bertz CT molecular complexity index is 677. The first kappa shape index (κ1) is 15.4. The van der Waals surface area contributed by atoms with Crippen LogP contribution in [0.5, 0.6) is 5.75 Å². The number of thiophene rings is 1. The topological polar surface area (TPSA) is 64.4 Å². The van der Waals surface area contributed by atoms with E-state index in [1.54, 1.807) is 7.11 Å². The Kier molecular flexibility index (Phi) is 4.53. The molecule has 2 aromatic rings. The molecule has 1 heterocycles. The van der Waals surface area contributed by atoms with Crippen LogP contribution in [-0.2, 0) is 0 Å². The van der Waals surface area contributed by atoms with Gasteiger partial charge in [-0.05, 0) is 32.9 Å². The normalized spacial score (nSPS) is 10.5. The smallest absolute Gasteiger partial charge is 0.254 e. The maximum Gasteiger partial charge on any atom is 0.254 e. The molecule has 3 N–H and O–H groups in total. The molecule has 0 aliphatic heterocycles. The minimum absolute atomic E-state index is 0.141. The fourth-order valence-electron chi connectivity index (χ4n) is 2.38. The van der Waals surface area contributed by atoms with Crippen molar-refractivity contribution >= 4 is 22.2 Å². The highest BCUT2D eigenvalue weighted by Crippen LogP contribution is 2.42. The third-order valence-electron chi connectivity index (χ3n) is 3.30. The molecule has 0 atom stereocenters. The van der Waals surface area contributed by atoms with E-state index < -0.39 is 0 Å². The molecule has 4 nitrogen and oxygen atoms in total. The zero-order valence-electron chi connectivity index (χ0n) is 12.7. The summed E-state index contributed by atoms with van der Waals surface area (Å²) in [5.74, 6) is 0.602. The Balaban J connectivity index is 2.69. The molecule has 0 bridgehead atoms. The third-order valence-corrected chi connectivity index (χ3v) is 4.23. The molecular weight excluding hydrogens is 284 g/mol. The van der Waals surface area contributed by atoms with Crippen molar-refractivity contribution in [3.8, 4) is 16.9 Å². The van der Waals surface area contributed by atoms with Gasteiger partial charge in [0.2, 0.25) is 0 Å². The van der Waals surface area contributed by atoms with Crippen molar-refractivity contribution in [3.05, 3.63) is 34.2 Å². The number of benzene rings is 1. The van der Waals surface area contributed by atoms with Crippen LogP contribution in [0.2, 0.25) is 0 Å². The molecule has 1 aromatic heterocycles. The van der Waals surface area contributed by atoms with Crippen LogP contribution in [0.1, 0.15) is 27.7 Å². The zero-order chi connectivity index (χ0) is 15.6. The lowest BCUT2D eigenvalue weighted by molar-refractivity contribution is 0.0957. The number of nitrogen functional groups attached to an aromatic ring is 1. The SMILES string of the molecule is CCNC(=O)c1c(N)sc(C)c1-c1cc(C)ccc1OC. The number of carbonyl (C=O) groups is 1. The van der Waals surface area contributed by atoms with E-state index in [2.05, 4.69) is 5.32 Å². The van der Waals surface area contributed by atoms with Crippen LogP contribution in [0.25, 0.3) is 11.1 Å². The van der Waals surface area contributed by atoms with Gasteiger partial charge in [0.1, 0.15) is 5.75 Å². The summed E-state index contributed by atoms with van der Waals surface area (Å²) in [6, 6.07) is 5.93. The summed E-state index contributed by atoms with van der Waals surface area (Å²) in [4.78, 5) is 13.3. The summed E-state index contributed by atoms with van der Waals surface area (Å²) < 4.78 is 5.45. The zero-order valence-corrected chi connectivity index (χ0v) is 13.6. The molecule has 1 aromatic carbocycles. The molecule has 0 aliphatic carbocycles. The molecule has 5 heteroatoms. The van der Waals surface area contributed by atoms with E-state index >= 15 is 0 Å². The Morgan fingerprint density at radius 2 is 2.10 bits per heavy atom. The van der Waals surface area contributed by atoms with Gasteiger partial charge in [-0.2, -0.15) is 0 Å². The van der Waals surface area contributed by atoms with E-state index in [4.69, 9.17) is 10.5 Å². The van der Waals surface area contributed by atoms with Gasteiger partial charge >= 0.3 is 0 Å². The number of rotatable bonds is 4. The second-order valence-electron chi connectivity index (χ2n) is 4.84. The number of methoxy groups -OCH3 is 1. The molecule has 1 amide bonds. The highest BCUT2D eigenvalue weighted by atomic mass is 32.1. The van der Waals surface area contributed by atoms with E-state index in [1.165, 1.54) is 11.3 Å². The first-order chi connectivity index (χ1) is 9.99. The van der Waals surface area contributed by atoms with Crippen molar-refractivity contribution in [1.29, 1.82) is 0 Å². The molecule has 0 saturated heterocycles. The summed E-state index contributed by atoms with van der Waals surface area (Å²) in [6.07, 6.45) is 0. The Labute approximate surface area is 128 Å². The number of anilines is 1. The number of hydrogen-bond acceptors (Lipinski definition) is 4. The van der Waals surface area contributed by atoms with Crippen LogP contribution < -0.4 is 15.8 Å². The van der Waals surface area contributed by atoms with Crippen LogP contribution >= 0.6 is 11.3 Å². The van der Waals surface area contributed by atoms with Gasteiger partial charge < -0.3 is 15.8 Å². The minimum atomic E-state index is -0.141. The standard InChI is InChI=1S/C16H20N2O2S/c1-5-18-16(19)14-13(10(3)21-15(14)17)11-8-9(2)6-7-12(11)20-4/h6-8H,5,17H2,1-4H3,(H,18,19). The average molecular weight is 304 g/mol. The van der Waals surface area contributed by atoms with Crippen LogP contribution in [0.3, 0.4) is 0 Å². The number of nitrogens with one attached hydrogen (secondary N) is 1. The number of aryl methyl sites for hydroxylation is 2. The van der Waals surface area contributed by atoms with Crippen LogP contribution in [0.4, 0.5) is 5.00 Å². The Morgan fingerprint density at radius 3 is 2.71 bits per heavy atom. The summed E-state index contributed by atoms with van der Waals surface area (Å²) in [7, 11) is 1.63. The maximum absolute atomic E-state index is 12.3. The number of carbonyl (C=O) groups excluding carboxylic acids is 1. The number of ether oxygens (including phenoxy) is 1. The first-order valence-corrected chi connectivity index (χ1v) is 7.63. The largest absolute Gasteiger partial charge is 0.496 e. The summed E-state index contributed by atoms with van der Waals surface area (Å²) in [5, 5.41) is 3.36. The molecule has 0 saturated carbocycles. The van der Waals surface area contributed by atoms with Gasteiger partial charge in [0.05, 0.1) is 17.7 Å². The molecule has 0 unspecified atom stereocenters. The van der Waals surface area contributed by atoms with E-state index in [0.717, 1.165) is 27.3 Å². The first-order valence-electron chi connectivity index (χ1n) is 6.81. The lowest BCUT2D eigenvalue weighted by atomic mass is 9.98. The van der Waals surface area contributed by atoms with Gasteiger partial charge in [-0.3, -0.25) is 4.79 Å². The van der Waals surface area contributed by atoms with E-state index in [-0.39, 0.29) is 5.91 Å². The van der Waals surface area contributed by atoms with Gasteiger partial charge in [0, 0.05) is 22.5 Å². The fourth-order valence-corrected chi connectivity index (χ4v) is 3.32. The van der Waals surface area contributed by atoms with Gasteiger partial charge in [0.15, 0.2) is 0 Å². The second-order valence-corrected chi connectivity index (χ2v) is 6.09. The predicted molar refractivity (Wildman–Crippen MR) is 88.2 cm³/mol. The molecule has 2 rings (SSSR count). The highest BCUT2D eigenvalue weighted by Gasteiger charge is 2.23. The van der Waals surface area contributed by atoms with E-state index in [1.807, 2.05) is 39.0 Å². The van der Waals surface area contributed by atoms with Crippen molar-refractivity contribution in [3.63, 3.8) is 0 Å². The molecule has 0 fully saturated rings. The molecule has 112 valence electrons. The van der Waals surface area contributed by atoms with Gasteiger partial charge in [-0.25, -0.2) is 0 Å². The lowest BCUT2D eigenvalue weighted by Crippen LogP contribution is -2.23.